The first kappa shape index (κ1) is 14.0. The summed E-state index contributed by atoms with van der Waals surface area (Å²) < 4.78 is 0. The summed E-state index contributed by atoms with van der Waals surface area (Å²) in [6, 6.07) is -0.350. The molecule has 1 heterocycles. The van der Waals surface area contributed by atoms with Gasteiger partial charge in [0.25, 0.3) is 5.91 Å². The summed E-state index contributed by atoms with van der Waals surface area (Å²) in [5.41, 5.74) is 6.60. The van der Waals surface area contributed by atoms with Crippen LogP contribution in [0.3, 0.4) is 0 Å². The van der Waals surface area contributed by atoms with Crippen molar-refractivity contribution in [3.63, 3.8) is 0 Å². The van der Waals surface area contributed by atoms with Crippen molar-refractivity contribution in [1.29, 1.82) is 5.53 Å². The zero-order valence-corrected chi connectivity index (χ0v) is 9.83. The van der Waals surface area contributed by atoms with E-state index in [9.17, 15) is 14.4 Å². The predicted molar refractivity (Wildman–Crippen MR) is 58.8 cm³/mol. The summed E-state index contributed by atoms with van der Waals surface area (Å²) in [6.45, 7) is 0.463. The fourth-order valence-corrected chi connectivity index (χ4v) is 1.91. The molecule has 0 aliphatic carbocycles. The van der Waals surface area contributed by atoms with E-state index in [1.54, 1.807) is 0 Å². The van der Waals surface area contributed by atoms with Gasteiger partial charge < -0.3 is 10.0 Å². The molecule has 1 fully saturated rings. The lowest BCUT2D eigenvalue weighted by molar-refractivity contribution is -0.141. The number of Topliss-reactive ketones (excluding diaryl/α,β-unsaturated/α-hetero) is 1. The summed E-state index contributed by atoms with van der Waals surface area (Å²) in [6.07, 6.45) is 1.02. The molecule has 0 bridgehead atoms. The fourth-order valence-electron chi connectivity index (χ4n) is 1.91. The molecule has 8 heteroatoms. The van der Waals surface area contributed by atoms with Crippen LogP contribution in [0.15, 0.2) is 5.11 Å². The molecule has 0 aromatic heterocycles. The summed E-state index contributed by atoms with van der Waals surface area (Å²) >= 11 is 0. The molecule has 1 aliphatic rings. The molecule has 0 radical (unpaired) electrons. The second kappa shape index (κ2) is 6.61. The van der Waals surface area contributed by atoms with Crippen LogP contribution in [0.5, 0.6) is 0 Å². The molecule has 0 aromatic carbocycles. The summed E-state index contributed by atoms with van der Waals surface area (Å²) in [7, 11) is 0. The third-order valence-corrected chi connectivity index (χ3v) is 2.81. The number of ketones is 1. The Hall–Kier alpha value is -2.08. The Morgan fingerprint density at radius 3 is 2.78 bits per heavy atom. The Balaban J connectivity index is 2.60. The van der Waals surface area contributed by atoms with Crippen molar-refractivity contribution in [1.82, 2.24) is 9.81 Å². The zero-order chi connectivity index (χ0) is 13.5. The molecule has 1 saturated heterocycles. The van der Waals surface area contributed by atoms with E-state index in [0.717, 1.165) is 0 Å². The van der Waals surface area contributed by atoms with Gasteiger partial charge in [0.1, 0.15) is 17.2 Å². The number of hydrogen-bond acceptors (Lipinski definition) is 5. The molecule has 98 valence electrons. The Labute approximate surface area is 103 Å². The van der Waals surface area contributed by atoms with Crippen LogP contribution in [0.25, 0.3) is 0 Å². The molecule has 1 unspecified atom stereocenters. The van der Waals surface area contributed by atoms with E-state index >= 15 is 0 Å². The van der Waals surface area contributed by atoms with Crippen LogP contribution in [0, 0.1) is 5.53 Å². The number of carbonyl (C=O) groups excluding carboxylic acids is 2. The first-order valence-electron chi connectivity index (χ1n) is 5.65. The Morgan fingerprint density at radius 1 is 1.56 bits per heavy atom. The van der Waals surface area contributed by atoms with Gasteiger partial charge in [0, 0.05) is 19.4 Å². The normalized spacial score (nSPS) is 16.6. The number of carbonyl (C=O) groups is 3. The minimum Gasteiger partial charge on any atom is -0.481 e. The van der Waals surface area contributed by atoms with Gasteiger partial charge >= 0.3 is 5.97 Å². The lowest BCUT2D eigenvalue weighted by Gasteiger charge is -2.23. The maximum atomic E-state index is 11.5. The Bertz CT molecular complexity index is 403. The number of carboxylic acids is 1. The topological polar surface area (TPSA) is 125 Å². The average molecular weight is 255 g/mol. The van der Waals surface area contributed by atoms with E-state index in [1.165, 1.54) is 4.90 Å². The molecule has 0 saturated carbocycles. The highest BCUT2D eigenvalue weighted by atomic mass is 16.4. The molecule has 1 atom stereocenters. The van der Waals surface area contributed by atoms with Gasteiger partial charge in [-0.25, -0.2) is 0 Å². The third-order valence-electron chi connectivity index (χ3n) is 2.81. The second-order valence-corrected chi connectivity index (χ2v) is 4.04. The molecule has 1 rings (SSSR count). The predicted octanol–water partition coefficient (Wildman–Crippen LogP) is -0.0383. The van der Waals surface area contributed by atoms with E-state index in [-0.39, 0.29) is 25.4 Å². The molecule has 8 nitrogen and oxygen atoms in total. The average Bonchev–Trinajstić information content (AvgIpc) is 2.64. The van der Waals surface area contributed by atoms with Gasteiger partial charge in [0.05, 0.1) is 6.04 Å². The van der Waals surface area contributed by atoms with Gasteiger partial charge in [-0.05, 0) is 12.8 Å². The first-order chi connectivity index (χ1) is 8.56. The van der Waals surface area contributed by atoms with Crippen LogP contribution < -0.4 is 4.91 Å². The Morgan fingerprint density at radius 2 is 2.28 bits per heavy atom. The smallest absolute Gasteiger partial charge is 0.303 e. The van der Waals surface area contributed by atoms with Crippen LogP contribution in [0.4, 0.5) is 0 Å². The van der Waals surface area contributed by atoms with Crippen molar-refractivity contribution in [2.45, 2.75) is 31.7 Å². The van der Waals surface area contributed by atoms with Gasteiger partial charge in [-0.2, -0.15) is 0 Å². The van der Waals surface area contributed by atoms with Crippen molar-refractivity contribution in [2.75, 3.05) is 13.1 Å². The van der Waals surface area contributed by atoms with Crippen LogP contribution >= 0.6 is 0 Å². The van der Waals surface area contributed by atoms with Crippen molar-refractivity contribution >= 4 is 17.7 Å². The van der Waals surface area contributed by atoms with Gasteiger partial charge in [-0.15, -0.1) is 0 Å². The monoisotopic (exact) mass is 255 g/mol. The maximum absolute atomic E-state index is 11.5. The lowest BCUT2D eigenvalue weighted by atomic mass is 10.1. The van der Waals surface area contributed by atoms with E-state index in [4.69, 9.17) is 10.6 Å². The zero-order valence-electron chi connectivity index (χ0n) is 9.83. The molecular weight excluding hydrogens is 240 g/mol. The third kappa shape index (κ3) is 3.74. The van der Waals surface area contributed by atoms with E-state index in [1.807, 2.05) is 0 Å². The largest absolute Gasteiger partial charge is 0.481 e. The SMILES string of the molecule is N=[N+]=NCC(CCCC(=O)O)N1CCC(=O)C1=O. The number of nitrogens with zero attached hydrogens (tertiary/aromatic N) is 3. The van der Waals surface area contributed by atoms with E-state index in [0.29, 0.717) is 19.4 Å². The van der Waals surface area contributed by atoms with Crippen LogP contribution in [0.2, 0.25) is 0 Å². The highest BCUT2D eigenvalue weighted by Gasteiger charge is 2.34. The highest BCUT2D eigenvalue weighted by Crippen LogP contribution is 2.16. The quantitative estimate of drug-likeness (QED) is 0.376. The number of rotatable bonds is 7. The lowest BCUT2D eigenvalue weighted by Crippen LogP contribution is -2.39. The number of amides is 1. The fraction of sp³-hybridized carbons (Fsp3) is 0.700. The van der Waals surface area contributed by atoms with Crippen LogP contribution in [0.1, 0.15) is 25.7 Å². The van der Waals surface area contributed by atoms with Crippen molar-refractivity contribution in [2.24, 2.45) is 5.11 Å². The number of carboxylic acid groups (broad SMARTS) is 1. The number of likely N-dealkylation sites (tertiary alicyclic amines) is 1. The molecule has 0 aromatic rings. The first-order valence-corrected chi connectivity index (χ1v) is 5.65. The Kier molecular flexibility index (Phi) is 5.13. The van der Waals surface area contributed by atoms with Gasteiger partial charge in [0.2, 0.25) is 10.7 Å². The number of nitrogens with one attached hydrogen (secondary N) is 1. The second-order valence-electron chi connectivity index (χ2n) is 4.04. The molecule has 1 aliphatic heterocycles. The maximum Gasteiger partial charge on any atom is 0.303 e. The molecular formula is C10H15N4O4+. The summed E-state index contributed by atoms with van der Waals surface area (Å²) in [5, 5.41) is 12.1. The van der Waals surface area contributed by atoms with Crippen molar-refractivity contribution < 1.29 is 19.5 Å². The highest BCUT2D eigenvalue weighted by molar-refractivity contribution is 6.37. The molecule has 0 spiro atoms. The van der Waals surface area contributed by atoms with E-state index in [2.05, 4.69) is 10.0 Å². The van der Waals surface area contributed by atoms with Crippen molar-refractivity contribution in [3.05, 3.63) is 0 Å². The molecule has 1 amide bonds. The minimum absolute atomic E-state index is 0.00446. The van der Waals surface area contributed by atoms with Crippen molar-refractivity contribution in [3.8, 4) is 0 Å². The van der Waals surface area contributed by atoms with Gasteiger partial charge in [0.15, 0.2) is 0 Å². The van der Waals surface area contributed by atoms with Gasteiger partial charge in [-0.1, -0.05) is 0 Å². The standard InChI is InChI=1S/C10H14N4O4/c11-13-12-6-7(2-1-3-9(16)17)14-5-4-8(15)10(14)18/h7,11H,1-6H2/p+1. The minimum atomic E-state index is -0.903. The van der Waals surface area contributed by atoms with E-state index < -0.39 is 17.7 Å². The summed E-state index contributed by atoms with van der Waals surface area (Å²) in [5.74, 6) is -1.88. The van der Waals surface area contributed by atoms with Crippen LogP contribution in [-0.2, 0) is 14.4 Å². The molecule has 18 heavy (non-hydrogen) atoms. The number of aliphatic carboxylic acids is 1. The summed E-state index contributed by atoms with van der Waals surface area (Å²) in [4.78, 5) is 37.4. The van der Waals surface area contributed by atoms with Gasteiger partial charge in [-0.3, -0.25) is 14.4 Å². The molecule has 2 N–H and O–H groups in total. The van der Waals surface area contributed by atoms with Crippen LogP contribution in [-0.4, -0.2) is 46.8 Å². The number of hydrogen-bond donors (Lipinski definition) is 2.